The number of nitrogens with one attached hydrogen (secondary N) is 1. The van der Waals surface area contributed by atoms with Crippen LogP contribution in [0, 0.1) is 6.92 Å². The third-order valence-electron chi connectivity index (χ3n) is 3.44. The fourth-order valence-corrected chi connectivity index (χ4v) is 2.28. The number of nitrogens with two attached hydrogens (primary N) is 1. The quantitative estimate of drug-likeness (QED) is 0.715. The standard InChI is InChI=1S/C15H13F3N2O.C2H6/c1-8-2-7-11(19)12-13(8)21-14(20-12)9-3-5-10(6-4-9)15(16,17)18;1-2/h2-7,14,20H,19H2,1H3;1-2H3. The van der Waals surface area contributed by atoms with Crippen LogP contribution >= 0.6 is 0 Å². The Labute approximate surface area is 133 Å². The average molecular weight is 324 g/mol. The van der Waals surface area contributed by atoms with Gasteiger partial charge in [-0.1, -0.05) is 32.0 Å². The van der Waals surface area contributed by atoms with Crippen molar-refractivity contribution in [2.45, 2.75) is 33.2 Å². The van der Waals surface area contributed by atoms with Crippen LogP contribution in [0.15, 0.2) is 36.4 Å². The molecule has 3 N–H and O–H groups in total. The highest BCUT2D eigenvalue weighted by Crippen LogP contribution is 2.44. The van der Waals surface area contributed by atoms with Crippen molar-refractivity contribution in [2.75, 3.05) is 11.1 Å². The molecule has 0 spiro atoms. The fourth-order valence-electron chi connectivity index (χ4n) is 2.28. The molecule has 1 aliphatic heterocycles. The Bertz CT molecular complexity index is 650. The van der Waals surface area contributed by atoms with Gasteiger partial charge >= 0.3 is 6.18 Å². The van der Waals surface area contributed by atoms with Crippen molar-refractivity contribution in [3.05, 3.63) is 53.1 Å². The Morgan fingerprint density at radius 3 is 2.17 bits per heavy atom. The Morgan fingerprint density at radius 2 is 1.65 bits per heavy atom. The van der Waals surface area contributed by atoms with Crippen LogP contribution in [0.5, 0.6) is 5.75 Å². The lowest BCUT2D eigenvalue weighted by Crippen LogP contribution is -2.11. The van der Waals surface area contributed by atoms with Gasteiger partial charge in [-0.05, 0) is 30.7 Å². The molecule has 6 heteroatoms. The lowest BCUT2D eigenvalue weighted by Gasteiger charge is -2.13. The predicted molar refractivity (Wildman–Crippen MR) is 85.4 cm³/mol. The third-order valence-corrected chi connectivity index (χ3v) is 3.44. The first-order chi connectivity index (χ1) is 10.9. The Kier molecular flexibility index (Phi) is 4.73. The molecule has 0 aromatic heterocycles. The van der Waals surface area contributed by atoms with E-state index < -0.39 is 18.0 Å². The molecule has 0 amide bonds. The number of halogens is 3. The largest absolute Gasteiger partial charge is 0.464 e. The van der Waals surface area contributed by atoms with E-state index >= 15 is 0 Å². The zero-order valence-corrected chi connectivity index (χ0v) is 13.2. The maximum Gasteiger partial charge on any atom is 0.416 e. The smallest absolute Gasteiger partial charge is 0.416 e. The van der Waals surface area contributed by atoms with Crippen molar-refractivity contribution >= 4 is 11.4 Å². The molecular formula is C17H19F3N2O. The summed E-state index contributed by atoms with van der Waals surface area (Å²) in [5, 5.41) is 3.09. The van der Waals surface area contributed by atoms with Crippen molar-refractivity contribution in [3.63, 3.8) is 0 Å². The van der Waals surface area contributed by atoms with Gasteiger partial charge in [0.25, 0.3) is 0 Å². The maximum absolute atomic E-state index is 12.6. The van der Waals surface area contributed by atoms with E-state index in [2.05, 4.69) is 5.32 Å². The molecule has 3 nitrogen and oxygen atoms in total. The lowest BCUT2D eigenvalue weighted by molar-refractivity contribution is -0.137. The van der Waals surface area contributed by atoms with Gasteiger partial charge in [0, 0.05) is 5.56 Å². The van der Waals surface area contributed by atoms with Crippen LogP contribution in [0.3, 0.4) is 0 Å². The van der Waals surface area contributed by atoms with Crippen LogP contribution in [-0.2, 0) is 6.18 Å². The number of anilines is 2. The summed E-state index contributed by atoms with van der Waals surface area (Å²) in [6.07, 6.45) is -4.88. The summed E-state index contributed by atoms with van der Waals surface area (Å²) in [7, 11) is 0. The zero-order valence-electron chi connectivity index (χ0n) is 13.2. The van der Waals surface area contributed by atoms with Gasteiger partial charge in [0.2, 0.25) is 0 Å². The lowest BCUT2D eigenvalue weighted by atomic mass is 10.1. The minimum atomic E-state index is -4.34. The van der Waals surface area contributed by atoms with E-state index in [1.165, 1.54) is 12.1 Å². The van der Waals surface area contributed by atoms with Crippen molar-refractivity contribution in [1.82, 2.24) is 0 Å². The highest BCUT2D eigenvalue weighted by molar-refractivity contribution is 5.77. The van der Waals surface area contributed by atoms with Gasteiger partial charge in [0.05, 0.1) is 11.3 Å². The average Bonchev–Trinajstić information content (AvgIpc) is 2.99. The third kappa shape index (κ3) is 3.36. The monoisotopic (exact) mass is 324 g/mol. The van der Waals surface area contributed by atoms with Crippen LogP contribution < -0.4 is 15.8 Å². The number of ether oxygens (including phenoxy) is 1. The van der Waals surface area contributed by atoms with E-state index in [9.17, 15) is 13.2 Å². The van der Waals surface area contributed by atoms with Gasteiger partial charge in [-0.15, -0.1) is 0 Å². The number of hydrogen-bond acceptors (Lipinski definition) is 3. The first-order valence-electron chi connectivity index (χ1n) is 7.35. The molecule has 3 rings (SSSR count). The predicted octanol–water partition coefficient (Wildman–Crippen LogP) is 5.13. The summed E-state index contributed by atoms with van der Waals surface area (Å²) in [6.45, 7) is 5.88. The molecule has 0 aliphatic carbocycles. The summed E-state index contributed by atoms with van der Waals surface area (Å²) in [4.78, 5) is 0. The Morgan fingerprint density at radius 1 is 1.04 bits per heavy atom. The number of aryl methyl sites for hydroxylation is 1. The molecule has 0 fully saturated rings. The van der Waals surface area contributed by atoms with E-state index in [1.54, 1.807) is 6.07 Å². The number of benzene rings is 2. The minimum absolute atomic E-state index is 0.536. The molecule has 0 radical (unpaired) electrons. The summed E-state index contributed by atoms with van der Waals surface area (Å²) in [6, 6.07) is 8.49. The summed E-state index contributed by atoms with van der Waals surface area (Å²) < 4.78 is 43.4. The molecule has 23 heavy (non-hydrogen) atoms. The summed E-state index contributed by atoms with van der Waals surface area (Å²) >= 11 is 0. The second-order valence-corrected chi connectivity index (χ2v) is 4.94. The molecular weight excluding hydrogens is 305 g/mol. The van der Waals surface area contributed by atoms with E-state index in [0.29, 0.717) is 22.7 Å². The van der Waals surface area contributed by atoms with Crippen molar-refractivity contribution in [2.24, 2.45) is 0 Å². The maximum atomic E-state index is 12.6. The van der Waals surface area contributed by atoms with E-state index in [0.717, 1.165) is 17.7 Å². The SMILES string of the molecule is CC.Cc1ccc(N)c2c1OC(c1ccc(C(F)(F)F)cc1)N2. The van der Waals surface area contributed by atoms with Gasteiger partial charge < -0.3 is 15.8 Å². The molecule has 1 aliphatic rings. The molecule has 1 atom stereocenters. The molecule has 1 heterocycles. The van der Waals surface area contributed by atoms with Crippen molar-refractivity contribution in [3.8, 4) is 5.75 Å². The van der Waals surface area contributed by atoms with Crippen LogP contribution in [0.1, 0.15) is 36.8 Å². The van der Waals surface area contributed by atoms with E-state index in [-0.39, 0.29) is 0 Å². The van der Waals surface area contributed by atoms with Crippen LogP contribution in [0.4, 0.5) is 24.5 Å². The molecule has 124 valence electrons. The number of hydrogen-bond donors (Lipinski definition) is 2. The minimum Gasteiger partial charge on any atom is -0.464 e. The van der Waals surface area contributed by atoms with Crippen molar-refractivity contribution in [1.29, 1.82) is 0 Å². The number of nitrogen functional groups attached to an aromatic ring is 1. The Balaban J connectivity index is 0.000000924. The normalized spacial score (nSPS) is 15.8. The van der Waals surface area contributed by atoms with Crippen LogP contribution in [0.25, 0.3) is 0 Å². The van der Waals surface area contributed by atoms with Gasteiger partial charge in [-0.25, -0.2) is 0 Å². The topological polar surface area (TPSA) is 47.3 Å². The molecule has 2 aromatic rings. The first kappa shape index (κ1) is 17.0. The molecule has 0 bridgehead atoms. The van der Waals surface area contributed by atoms with Gasteiger partial charge in [0.15, 0.2) is 12.0 Å². The zero-order chi connectivity index (χ0) is 17.2. The molecule has 1 unspecified atom stereocenters. The highest BCUT2D eigenvalue weighted by atomic mass is 19.4. The summed E-state index contributed by atoms with van der Waals surface area (Å²) in [5.41, 5.74) is 7.94. The second kappa shape index (κ2) is 6.40. The molecule has 0 saturated carbocycles. The van der Waals surface area contributed by atoms with E-state index in [4.69, 9.17) is 10.5 Å². The number of fused-ring (bicyclic) bond motifs is 1. The first-order valence-corrected chi connectivity index (χ1v) is 7.35. The van der Waals surface area contributed by atoms with Crippen molar-refractivity contribution < 1.29 is 17.9 Å². The molecule has 0 saturated heterocycles. The number of rotatable bonds is 1. The van der Waals surface area contributed by atoms with Gasteiger partial charge in [-0.3, -0.25) is 0 Å². The second-order valence-electron chi connectivity index (χ2n) is 4.94. The van der Waals surface area contributed by atoms with Crippen LogP contribution in [0.2, 0.25) is 0 Å². The Hall–Kier alpha value is -2.37. The van der Waals surface area contributed by atoms with Gasteiger partial charge in [-0.2, -0.15) is 13.2 Å². The van der Waals surface area contributed by atoms with E-state index in [1.807, 2.05) is 26.8 Å². The summed E-state index contributed by atoms with van der Waals surface area (Å²) in [5.74, 6) is 0.639. The highest BCUT2D eigenvalue weighted by Gasteiger charge is 2.31. The van der Waals surface area contributed by atoms with Crippen LogP contribution in [-0.4, -0.2) is 0 Å². The fraction of sp³-hybridized carbons (Fsp3) is 0.294. The number of alkyl halides is 3. The van der Waals surface area contributed by atoms with Gasteiger partial charge in [0.1, 0.15) is 5.69 Å². The molecule has 2 aromatic carbocycles.